The molecule has 3 heterocycles. The van der Waals surface area contributed by atoms with Gasteiger partial charge in [0.25, 0.3) is 0 Å². The summed E-state index contributed by atoms with van der Waals surface area (Å²) in [5, 5.41) is 4.19. The Balaban J connectivity index is 1.94. The van der Waals surface area contributed by atoms with Gasteiger partial charge in [-0.1, -0.05) is 12.1 Å². The van der Waals surface area contributed by atoms with Crippen LogP contribution >= 0.6 is 22.7 Å². The van der Waals surface area contributed by atoms with Crippen LogP contribution in [-0.4, -0.2) is 9.55 Å². The molecule has 3 aromatic rings. The molecule has 0 aliphatic carbocycles. The zero-order valence-electron chi connectivity index (χ0n) is 8.54. The summed E-state index contributed by atoms with van der Waals surface area (Å²) in [6, 6.07) is 8.41. The Labute approximate surface area is 102 Å². The molecule has 16 heavy (non-hydrogen) atoms. The number of hydrogen-bond donors (Lipinski definition) is 0. The van der Waals surface area contributed by atoms with Crippen molar-refractivity contribution in [3.05, 3.63) is 52.3 Å². The predicted molar refractivity (Wildman–Crippen MR) is 69.0 cm³/mol. The molecule has 0 bridgehead atoms. The van der Waals surface area contributed by atoms with Gasteiger partial charge >= 0.3 is 0 Å². The minimum absolute atomic E-state index is 0.908. The van der Waals surface area contributed by atoms with Crippen molar-refractivity contribution in [3.8, 4) is 10.7 Å². The highest BCUT2D eigenvalue weighted by Crippen LogP contribution is 2.24. The summed E-state index contributed by atoms with van der Waals surface area (Å²) < 4.78 is 2.19. The highest BCUT2D eigenvalue weighted by molar-refractivity contribution is 7.13. The summed E-state index contributed by atoms with van der Waals surface area (Å²) in [5.74, 6) is 1.06. The Morgan fingerprint density at radius 2 is 2.00 bits per heavy atom. The van der Waals surface area contributed by atoms with Gasteiger partial charge in [-0.25, -0.2) is 4.98 Å². The molecule has 0 spiro atoms. The Morgan fingerprint density at radius 3 is 2.75 bits per heavy atom. The van der Waals surface area contributed by atoms with Crippen LogP contribution in [-0.2, 0) is 6.54 Å². The van der Waals surface area contributed by atoms with Crippen molar-refractivity contribution in [2.45, 2.75) is 6.54 Å². The lowest BCUT2D eigenvalue weighted by Crippen LogP contribution is -1.98. The summed E-state index contributed by atoms with van der Waals surface area (Å²) in [6.07, 6.45) is 3.90. The average molecular weight is 246 g/mol. The summed E-state index contributed by atoms with van der Waals surface area (Å²) in [5.41, 5.74) is 0. The minimum atomic E-state index is 0.908. The second kappa shape index (κ2) is 4.23. The van der Waals surface area contributed by atoms with Gasteiger partial charge in [0.2, 0.25) is 0 Å². The molecule has 0 saturated heterocycles. The van der Waals surface area contributed by atoms with E-state index in [-0.39, 0.29) is 0 Å². The van der Waals surface area contributed by atoms with E-state index in [1.165, 1.54) is 9.75 Å². The van der Waals surface area contributed by atoms with Crippen LogP contribution in [0, 0.1) is 0 Å². The second-order valence-electron chi connectivity index (χ2n) is 3.44. The van der Waals surface area contributed by atoms with Gasteiger partial charge in [0.15, 0.2) is 0 Å². The number of nitrogens with zero attached hydrogens (tertiary/aromatic N) is 2. The van der Waals surface area contributed by atoms with E-state index in [0.29, 0.717) is 0 Å². The van der Waals surface area contributed by atoms with Crippen LogP contribution < -0.4 is 0 Å². The average Bonchev–Trinajstić information content (AvgIpc) is 2.98. The smallest absolute Gasteiger partial charge is 0.150 e. The van der Waals surface area contributed by atoms with Gasteiger partial charge in [0.05, 0.1) is 11.4 Å². The molecular formula is C12H10N2S2. The molecule has 0 aliphatic heterocycles. The quantitative estimate of drug-likeness (QED) is 0.688. The van der Waals surface area contributed by atoms with Gasteiger partial charge in [0, 0.05) is 17.3 Å². The molecule has 4 heteroatoms. The van der Waals surface area contributed by atoms with Crippen LogP contribution in [0.1, 0.15) is 4.88 Å². The fourth-order valence-electron chi connectivity index (χ4n) is 1.64. The molecule has 0 atom stereocenters. The van der Waals surface area contributed by atoms with E-state index in [1.807, 2.05) is 12.4 Å². The third-order valence-corrected chi connectivity index (χ3v) is 4.09. The normalized spacial score (nSPS) is 10.8. The lowest BCUT2D eigenvalue weighted by molar-refractivity contribution is 0.822. The van der Waals surface area contributed by atoms with E-state index >= 15 is 0 Å². The summed E-state index contributed by atoms with van der Waals surface area (Å²) in [6.45, 7) is 0.908. The van der Waals surface area contributed by atoms with E-state index in [2.05, 4.69) is 44.6 Å². The van der Waals surface area contributed by atoms with Crippen molar-refractivity contribution in [1.29, 1.82) is 0 Å². The maximum absolute atomic E-state index is 4.42. The van der Waals surface area contributed by atoms with Crippen LogP contribution in [0.5, 0.6) is 0 Å². The van der Waals surface area contributed by atoms with Crippen molar-refractivity contribution in [1.82, 2.24) is 9.55 Å². The molecule has 80 valence electrons. The lowest BCUT2D eigenvalue weighted by Gasteiger charge is -2.04. The highest BCUT2D eigenvalue weighted by Gasteiger charge is 2.07. The Hall–Kier alpha value is -1.39. The van der Waals surface area contributed by atoms with Gasteiger partial charge in [0.1, 0.15) is 5.82 Å². The third kappa shape index (κ3) is 1.81. The first-order valence-corrected chi connectivity index (χ1v) is 6.77. The Kier molecular flexibility index (Phi) is 2.60. The van der Waals surface area contributed by atoms with Gasteiger partial charge < -0.3 is 4.57 Å². The maximum atomic E-state index is 4.42. The number of aromatic nitrogens is 2. The first-order valence-electron chi connectivity index (χ1n) is 5.01. The molecule has 2 nitrogen and oxygen atoms in total. The van der Waals surface area contributed by atoms with Crippen molar-refractivity contribution in [2.75, 3.05) is 0 Å². The van der Waals surface area contributed by atoms with Crippen LogP contribution in [0.25, 0.3) is 10.7 Å². The molecule has 0 aliphatic rings. The molecule has 0 unspecified atom stereocenters. The van der Waals surface area contributed by atoms with E-state index in [1.54, 1.807) is 22.7 Å². The molecule has 3 rings (SSSR count). The standard InChI is InChI=1S/C12H10N2S2/c1-3-10(15-7-1)9-14-6-5-13-12(14)11-4-2-8-16-11/h1-8H,9H2. The first kappa shape index (κ1) is 9.81. The summed E-state index contributed by atoms with van der Waals surface area (Å²) in [7, 11) is 0. The molecule has 3 aromatic heterocycles. The Bertz CT molecular complexity index is 550. The van der Waals surface area contributed by atoms with Gasteiger partial charge in [-0.2, -0.15) is 0 Å². The zero-order chi connectivity index (χ0) is 10.8. The lowest BCUT2D eigenvalue weighted by atomic mass is 10.4. The monoisotopic (exact) mass is 246 g/mol. The SMILES string of the molecule is c1csc(Cn2ccnc2-c2cccs2)c1. The molecule has 0 radical (unpaired) electrons. The van der Waals surface area contributed by atoms with Crippen molar-refractivity contribution < 1.29 is 0 Å². The van der Waals surface area contributed by atoms with E-state index in [9.17, 15) is 0 Å². The van der Waals surface area contributed by atoms with Crippen LogP contribution in [0.15, 0.2) is 47.4 Å². The molecule has 0 aromatic carbocycles. The van der Waals surface area contributed by atoms with Gasteiger partial charge in [-0.3, -0.25) is 0 Å². The molecule has 0 amide bonds. The Morgan fingerprint density at radius 1 is 1.12 bits per heavy atom. The fourth-order valence-corrected chi connectivity index (χ4v) is 3.08. The van der Waals surface area contributed by atoms with Crippen molar-refractivity contribution >= 4 is 22.7 Å². The van der Waals surface area contributed by atoms with E-state index < -0.39 is 0 Å². The topological polar surface area (TPSA) is 17.8 Å². The molecule has 0 fully saturated rings. The van der Waals surface area contributed by atoms with Crippen LogP contribution in [0.3, 0.4) is 0 Å². The number of rotatable bonds is 3. The molecule has 0 N–H and O–H groups in total. The van der Waals surface area contributed by atoms with Crippen LogP contribution in [0.4, 0.5) is 0 Å². The van der Waals surface area contributed by atoms with Gasteiger partial charge in [-0.15, -0.1) is 22.7 Å². The maximum Gasteiger partial charge on any atom is 0.150 e. The van der Waals surface area contributed by atoms with E-state index in [0.717, 1.165) is 12.4 Å². The molecule has 0 saturated carbocycles. The minimum Gasteiger partial charge on any atom is -0.325 e. The fraction of sp³-hybridized carbons (Fsp3) is 0.0833. The number of imidazole rings is 1. The second-order valence-corrected chi connectivity index (χ2v) is 5.42. The zero-order valence-corrected chi connectivity index (χ0v) is 10.2. The van der Waals surface area contributed by atoms with E-state index in [4.69, 9.17) is 0 Å². The predicted octanol–water partition coefficient (Wildman–Crippen LogP) is 3.72. The third-order valence-electron chi connectivity index (χ3n) is 2.36. The van der Waals surface area contributed by atoms with Crippen molar-refractivity contribution in [3.63, 3.8) is 0 Å². The van der Waals surface area contributed by atoms with Crippen LogP contribution in [0.2, 0.25) is 0 Å². The molecular weight excluding hydrogens is 236 g/mol. The number of hydrogen-bond acceptors (Lipinski definition) is 3. The number of thiophene rings is 2. The largest absolute Gasteiger partial charge is 0.325 e. The van der Waals surface area contributed by atoms with Crippen molar-refractivity contribution in [2.24, 2.45) is 0 Å². The highest BCUT2D eigenvalue weighted by atomic mass is 32.1. The summed E-state index contributed by atoms with van der Waals surface area (Å²) >= 11 is 3.51. The summed E-state index contributed by atoms with van der Waals surface area (Å²) in [4.78, 5) is 7.00. The van der Waals surface area contributed by atoms with Gasteiger partial charge in [-0.05, 0) is 22.9 Å². The first-order chi connectivity index (χ1) is 7.93.